The van der Waals surface area contributed by atoms with Gasteiger partial charge < -0.3 is 19.9 Å². The van der Waals surface area contributed by atoms with Crippen LogP contribution in [0, 0.1) is 5.41 Å². The van der Waals surface area contributed by atoms with E-state index in [9.17, 15) is 9.59 Å². The van der Waals surface area contributed by atoms with E-state index in [-0.39, 0.29) is 5.41 Å². The molecule has 0 saturated carbocycles. The van der Waals surface area contributed by atoms with Crippen LogP contribution in [0.3, 0.4) is 0 Å². The van der Waals surface area contributed by atoms with Gasteiger partial charge in [0, 0.05) is 24.7 Å². The van der Waals surface area contributed by atoms with Crippen LogP contribution in [0.5, 0.6) is 0 Å². The van der Waals surface area contributed by atoms with Gasteiger partial charge in [0.1, 0.15) is 0 Å². The Bertz CT molecular complexity index is 684. The molecule has 1 aliphatic heterocycles. The summed E-state index contributed by atoms with van der Waals surface area (Å²) in [5, 5.41) is 3.44. The molecule has 1 N–H and O–H groups in total. The van der Waals surface area contributed by atoms with Crippen molar-refractivity contribution in [3.63, 3.8) is 0 Å². The highest BCUT2D eigenvalue weighted by Gasteiger charge is 2.37. The van der Waals surface area contributed by atoms with Crippen LogP contribution >= 0.6 is 23.2 Å². The summed E-state index contributed by atoms with van der Waals surface area (Å²) in [6.07, 6.45) is -0.506. The Balaban J connectivity index is 1.89. The van der Waals surface area contributed by atoms with Gasteiger partial charge in [-0.15, -0.1) is 0 Å². The maximum atomic E-state index is 12.4. The zero-order valence-electron chi connectivity index (χ0n) is 15.5. The summed E-state index contributed by atoms with van der Waals surface area (Å²) in [5.74, 6) is -0.446. The molecule has 0 aromatic heterocycles. The number of rotatable bonds is 5. The van der Waals surface area contributed by atoms with Crippen LogP contribution in [0.2, 0.25) is 10.0 Å². The zero-order chi connectivity index (χ0) is 19.5. The number of nitrogens with zero attached hydrogens (tertiary/aromatic N) is 2. The van der Waals surface area contributed by atoms with Crippen molar-refractivity contribution in [3.8, 4) is 0 Å². The molecule has 1 fully saturated rings. The monoisotopic (exact) mass is 401 g/mol. The van der Waals surface area contributed by atoms with Gasteiger partial charge in [0.15, 0.2) is 6.10 Å². The molecule has 0 radical (unpaired) electrons. The Morgan fingerprint density at radius 1 is 1.38 bits per heavy atom. The molecule has 0 spiro atoms. The molecule has 1 aliphatic rings. The second-order valence-corrected chi connectivity index (χ2v) is 8.20. The lowest BCUT2D eigenvalue weighted by molar-refractivity contribution is -0.123. The standard InChI is InChI=1S/C18H25Cl2N3O3/c1-12(16(24)21-15-6-5-13(19)9-14(15)20)26-17(25)23-8-7-18(2,11-23)10-22(3)4/h5-6,9,12H,7-8,10-11H2,1-4H3,(H,21,24). The second-order valence-electron chi connectivity index (χ2n) is 7.36. The number of hydrogen-bond donors (Lipinski definition) is 1. The van der Waals surface area contributed by atoms with Crippen LogP contribution in [0.15, 0.2) is 18.2 Å². The first kappa shape index (κ1) is 20.8. The van der Waals surface area contributed by atoms with Crippen molar-refractivity contribution >= 4 is 40.9 Å². The number of halogens is 2. The molecular weight excluding hydrogens is 377 g/mol. The average molecular weight is 402 g/mol. The van der Waals surface area contributed by atoms with E-state index in [4.69, 9.17) is 27.9 Å². The first-order valence-corrected chi connectivity index (χ1v) is 9.21. The highest BCUT2D eigenvalue weighted by atomic mass is 35.5. The summed E-state index contributed by atoms with van der Waals surface area (Å²) in [6, 6.07) is 4.75. The molecule has 2 atom stereocenters. The molecule has 0 aliphatic carbocycles. The number of nitrogens with one attached hydrogen (secondary N) is 1. The van der Waals surface area contributed by atoms with E-state index in [0.717, 1.165) is 13.0 Å². The number of amides is 2. The zero-order valence-corrected chi connectivity index (χ0v) is 17.0. The van der Waals surface area contributed by atoms with Gasteiger partial charge in [-0.05, 0) is 51.1 Å². The molecule has 1 heterocycles. The van der Waals surface area contributed by atoms with Crippen molar-refractivity contribution in [1.82, 2.24) is 9.80 Å². The quantitative estimate of drug-likeness (QED) is 0.816. The average Bonchev–Trinajstić information content (AvgIpc) is 2.91. The molecule has 2 rings (SSSR count). The Kier molecular flexibility index (Phi) is 6.77. The summed E-state index contributed by atoms with van der Waals surface area (Å²) < 4.78 is 5.32. The number of hydrogen-bond acceptors (Lipinski definition) is 4. The second kappa shape index (κ2) is 8.46. The van der Waals surface area contributed by atoms with E-state index in [1.807, 2.05) is 14.1 Å². The lowest BCUT2D eigenvalue weighted by Gasteiger charge is -2.28. The lowest BCUT2D eigenvalue weighted by atomic mass is 9.89. The lowest BCUT2D eigenvalue weighted by Crippen LogP contribution is -2.39. The van der Waals surface area contributed by atoms with Gasteiger partial charge in [0.25, 0.3) is 5.91 Å². The number of likely N-dealkylation sites (tertiary alicyclic amines) is 1. The largest absolute Gasteiger partial charge is 0.436 e. The molecule has 1 aromatic rings. The molecule has 0 bridgehead atoms. The van der Waals surface area contributed by atoms with Crippen LogP contribution in [0.1, 0.15) is 20.3 Å². The SMILES string of the molecule is CC(OC(=O)N1CCC(C)(CN(C)C)C1)C(=O)Nc1ccc(Cl)cc1Cl. The van der Waals surface area contributed by atoms with Crippen LogP contribution < -0.4 is 5.32 Å². The third-order valence-corrected chi connectivity index (χ3v) is 4.90. The number of anilines is 1. The molecule has 2 unspecified atom stereocenters. The first-order chi connectivity index (χ1) is 12.1. The van der Waals surface area contributed by atoms with Crippen molar-refractivity contribution in [2.24, 2.45) is 5.41 Å². The predicted octanol–water partition coefficient (Wildman–Crippen LogP) is 3.73. The first-order valence-electron chi connectivity index (χ1n) is 8.46. The maximum Gasteiger partial charge on any atom is 0.410 e. The van der Waals surface area contributed by atoms with Crippen LogP contribution in [-0.2, 0) is 9.53 Å². The molecule has 2 amide bonds. The number of ether oxygens (including phenoxy) is 1. The van der Waals surface area contributed by atoms with Gasteiger partial charge in [0.05, 0.1) is 10.7 Å². The van der Waals surface area contributed by atoms with E-state index in [1.54, 1.807) is 17.0 Å². The molecular formula is C18H25Cl2N3O3. The van der Waals surface area contributed by atoms with Crippen molar-refractivity contribution in [1.29, 1.82) is 0 Å². The van der Waals surface area contributed by atoms with E-state index in [2.05, 4.69) is 17.1 Å². The van der Waals surface area contributed by atoms with Gasteiger partial charge in [-0.1, -0.05) is 30.1 Å². The minimum absolute atomic E-state index is 0.0326. The van der Waals surface area contributed by atoms with Crippen molar-refractivity contribution in [3.05, 3.63) is 28.2 Å². The summed E-state index contributed by atoms with van der Waals surface area (Å²) in [5.41, 5.74) is 0.453. The van der Waals surface area contributed by atoms with Gasteiger partial charge >= 0.3 is 6.09 Å². The molecule has 144 valence electrons. The topological polar surface area (TPSA) is 61.9 Å². The highest BCUT2D eigenvalue weighted by molar-refractivity contribution is 6.36. The van der Waals surface area contributed by atoms with E-state index < -0.39 is 18.1 Å². The van der Waals surface area contributed by atoms with Gasteiger partial charge in [-0.3, -0.25) is 4.79 Å². The van der Waals surface area contributed by atoms with E-state index in [0.29, 0.717) is 28.8 Å². The smallest absolute Gasteiger partial charge is 0.410 e. The molecule has 8 heteroatoms. The van der Waals surface area contributed by atoms with Gasteiger partial charge in [-0.25, -0.2) is 4.79 Å². The number of carbonyl (C=O) groups excluding carboxylic acids is 2. The van der Waals surface area contributed by atoms with Crippen LogP contribution in [0.25, 0.3) is 0 Å². The van der Waals surface area contributed by atoms with Crippen LogP contribution in [-0.4, -0.2) is 61.6 Å². The summed E-state index contributed by atoms with van der Waals surface area (Å²) in [7, 11) is 4.03. The van der Waals surface area contributed by atoms with Crippen LogP contribution in [0.4, 0.5) is 10.5 Å². The molecule has 1 saturated heterocycles. The van der Waals surface area contributed by atoms with Gasteiger partial charge in [0.2, 0.25) is 0 Å². The normalized spacial score (nSPS) is 21.0. The van der Waals surface area contributed by atoms with Gasteiger partial charge in [-0.2, -0.15) is 0 Å². The van der Waals surface area contributed by atoms with E-state index >= 15 is 0 Å². The fourth-order valence-electron chi connectivity index (χ4n) is 3.18. The van der Waals surface area contributed by atoms with Crippen molar-refractivity contribution in [2.75, 3.05) is 39.0 Å². The maximum absolute atomic E-state index is 12.4. The Morgan fingerprint density at radius 3 is 2.69 bits per heavy atom. The molecule has 1 aromatic carbocycles. The Morgan fingerprint density at radius 2 is 2.08 bits per heavy atom. The highest BCUT2D eigenvalue weighted by Crippen LogP contribution is 2.31. The van der Waals surface area contributed by atoms with Crippen molar-refractivity contribution in [2.45, 2.75) is 26.4 Å². The Hall–Kier alpha value is -1.50. The number of benzene rings is 1. The summed E-state index contributed by atoms with van der Waals surface area (Å²) in [4.78, 5) is 28.4. The van der Waals surface area contributed by atoms with E-state index in [1.165, 1.54) is 13.0 Å². The van der Waals surface area contributed by atoms with Crippen molar-refractivity contribution < 1.29 is 14.3 Å². The number of carbonyl (C=O) groups is 2. The minimum Gasteiger partial charge on any atom is -0.436 e. The molecule has 6 nitrogen and oxygen atoms in total. The Labute approximate surface area is 164 Å². The third kappa shape index (κ3) is 5.50. The fraction of sp³-hybridized carbons (Fsp3) is 0.556. The summed E-state index contributed by atoms with van der Waals surface area (Å²) in [6.45, 7) is 5.81. The minimum atomic E-state index is -0.935. The fourth-order valence-corrected chi connectivity index (χ4v) is 3.63. The predicted molar refractivity (Wildman–Crippen MR) is 104 cm³/mol. The molecule has 26 heavy (non-hydrogen) atoms. The summed E-state index contributed by atoms with van der Waals surface area (Å²) >= 11 is 11.9. The third-order valence-electron chi connectivity index (χ3n) is 4.35.